The van der Waals surface area contributed by atoms with Gasteiger partial charge in [0, 0.05) is 37.7 Å². The van der Waals surface area contributed by atoms with Crippen molar-refractivity contribution in [2.24, 2.45) is 5.41 Å². The van der Waals surface area contributed by atoms with Gasteiger partial charge >= 0.3 is 0 Å². The lowest BCUT2D eigenvalue weighted by Crippen LogP contribution is -2.50. The van der Waals surface area contributed by atoms with Gasteiger partial charge in [-0.2, -0.15) is 0 Å². The number of hydrogen-bond acceptors (Lipinski definition) is 4. The van der Waals surface area contributed by atoms with E-state index in [0.717, 1.165) is 49.7 Å². The highest BCUT2D eigenvalue weighted by Crippen LogP contribution is 2.40. The molecule has 1 aromatic carbocycles. The molecule has 0 bridgehead atoms. The molecule has 27 heavy (non-hydrogen) atoms. The van der Waals surface area contributed by atoms with Crippen molar-refractivity contribution in [1.29, 1.82) is 0 Å². The van der Waals surface area contributed by atoms with E-state index >= 15 is 0 Å². The Morgan fingerprint density at radius 1 is 1.07 bits per heavy atom. The minimum atomic E-state index is 0.300. The zero-order valence-corrected chi connectivity index (χ0v) is 17.3. The second kappa shape index (κ2) is 8.51. The normalized spacial score (nSPS) is 20.1. The van der Waals surface area contributed by atoms with Crippen molar-refractivity contribution >= 4 is 5.91 Å². The zero-order valence-electron chi connectivity index (χ0n) is 17.3. The van der Waals surface area contributed by atoms with Gasteiger partial charge in [-0.1, -0.05) is 6.07 Å². The van der Waals surface area contributed by atoms with Crippen molar-refractivity contribution in [3.63, 3.8) is 0 Å². The van der Waals surface area contributed by atoms with Gasteiger partial charge in [-0.05, 0) is 64.6 Å². The summed E-state index contributed by atoms with van der Waals surface area (Å²) in [6, 6.07) is 4.23. The lowest BCUT2D eigenvalue weighted by Gasteiger charge is -2.46. The first-order chi connectivity index (χ1) is 13.0. The Kier molecular flexibility index (Phi) is 6.30. The van der Waals surface area contributed by atoms with E-state index in [0.29, 0.717) is 31.0 Å². The molecule has 2 fully saturated rings. The maximum Gasteiger partial charge on any atom is 0.222 e. The second-order valence-electron chi connectivity index (χ2n) is 8.07. The molecule has 2 heterocycles. The lowest BCUT2D eigenvalue weighted by atomic mass is 9.72. The number of carbonyl (C=O) groups is 1. The number of amides is 1. The summed E-state index contributed by atoms with van der Waals surface area (Å²) in [6.07, 6.45) is 4.11. The van der Waals surface area contributed by atoms with Gasteiger partial charge in [0.25, 0.3) is 0 Å². The molecule has 0 aliphatic carbocycles. The predicted octanol–water partition coefficient (Wildman–Crippen LogP) is 3.63. The van der Waals surface area contributed by atoms with Gasteiger partial charge < -0.3 is 14.4 Å². The molecule has 0 N–H and O–H groups in total. The molecule has 0 atom stereocenters. The van der Waals surface area contributed by atoms with Gasteiger partial charge in [-0.15, -0.1) is 0 Å². The standard InChI is InChI=1S/C22H34N2O3/c1-5-26-19-8-7-18(21(17(19)3)27-6-2)15-24-13-11-22(12-14-24)10-9-20(25)23(4)16-22/h7-8H,5-6,9-16H2,1-4H3. The summed E-state index contributed by atoms with van der Waals surface area (Å²) in [5, 5.41) is 0. The SMILES string of the molecule is CCOc1ccc(CN2CCC3(CCC(=O)N(C)C3)CC2)c(OCC)c1C. The third kappa shape index (κ3) is 4.40. The highest BCUT2D eigenvalue weighted by molar-refractivity contribution is 5.76. The average molecular weight is 375 g/mol. The fraction of sp³-hybridized carbons (Fsp3) is 0.682. The van der Waals surface area contributed by atoms with Crippen LogP contribution in [-0.4, -0.2) is 55.6 Å². The molecule has 3 rings (SSSR count). The van der Waals surface area contributed by atoms with Crippen molar-refractivity contribution in [2.75, 3.05) is 39.9 Å². The number of benzene rings is 1. The van der Waals surface area contributed by atoms with Crippen LogP contribution in [0, 0.1) is 12.3 Å². The molecular weight excluding hydrogens is 340 g/mol. The first kappa shape index (κ1) is 20.0. The van der Waals surface area contributed by atoms with Crippen LogP contribution >= 0.6 is 0 Å². The summed E-state index contributed by atoms with van der Waals surface area (Å²) < 4.78 is 11.7. The largest absolute Gasteiger partial charge is 0.493 e. The Bertz CT molecular complexity index is 666. The highest BCUT2D eigenvalue weighted by atomic mass is 16.5. The number of hydrogen-bond donors (Lipinski definition) is 0. The number of rotatable bonds is 6. The molecule has 2 aliphatic heterocycles. The van der Waals surface area contributed by atoms with Crippen LogP contribution in [0.1, 0.15) is 50.7 Å². The van der Waals surface area contributed by atoms with Crippen LogP contribution in [-0.2, 0) is 11.3 Å². The van der Waals surface area contributed by atoms with Gasteiger partial charge in [-0.25, -0.2) is 0 Å². The van der Waals surface area contributed by atoms with Crippen LogP contribution in [0.4, 0.5) is 0 Å². The molecule has 5 nitrogen and oxygen atoms in total. The van der Waals surface area contributed by atoms with E-state index in [1.807, 2.05) is 25.8 Å². The number of likely N-dealkylation sites (tertiary alicyclic amines) is 2. The molecule has 0 aromatic heterocycles. The number of nitrogens with zero attached hydrogens (tertiary/aromatic N) is 2. The van der Waals surface area contributed by atoms with E-state index in [1.165, 1.54) is 18.4 Å². The summed E-state index contributed by atoms with van der Waals surface area (Å²) in [7, 11) is 1.95. The third-order valence-corrected chi connectivity index (χ3v) is 6.20. The maximum absolute atomic E-state index is 11.8. The van der Waals surface area contributed by atoms with Gasteiger partial charge in [0.15, 0.2) is 0 Å². The molecule has 1 spiro atoms. The first-order valence-electron chi connectivity index (χ1n) is 10.3. The van der Waals surface area contributed by atoms with E-state index < -0.39 is 0 Å². The fourth-order valence-corrected chi connectivity index (χ4v) is 4.58. The molecule has 0 unspecified atom stereocenters. The molecule has 1 amide bonds. The number of piperidine rings is 2. The van der Waals surface area contributed by atoms with Crippen LogP contribution in [0.25, 0.3) is 0 Å². The van der Waals surface area contributed by atoms with E-state index in [2.05, 4.69) is 24.0 Å². The minimum Gasteiger partial charge on any atom is -0.493 e. The van der Waals surface area contributed by atoms with Crippen molar-refractivity contribution in [2.45, 2.75) is 53.0 Å². The first-order valence-corrected chi connectivity index (χ1v) is 10.3. The molecule has 2 aliphatic rings. The van der Waals surface area contributed by atoms with Crippen molar-refractivity contribution in [3.05, 3.63) is 23.3 Å². The van der Waals surface area contributed by atoms with E-state index in [1.54, 1.807) is 0 Å². The quantitative estimate of drug-likeness (QED) is 0.763. The minimum absolute atomic E-state index is 0.300. The molecule has 0 radical (unpaired) electrons. The smallest absolute Gasteiger partial charge is 0.222 e. The summed E-state index contributed by atoms with van der Waals surface area (Å²) in [5.41, 5.74) is 2.66. The van der Waals surface area contributed by atoms with Crippen molar-refractivity contribution in [1.82, 2.24) is 9.80 Å². The van der Waals surface area contributed by atoms with Crippen LogP contribution in [0.2, 0.25) is 0 Å². The van der Waals surface area contributed by atoms with E-state index in [-0.39, 0.29) is 0 Å². The van der Waals surface area contributed by atoms with Crippen LogP contribution < -0.4 is 9.47 Å². The Labute approximate surface area is 163 Å². The number of ether oxygens (including phenoxy) is 2. The summed E-state index contributed by atoms with van der Waals surface area (Å²) >= 11 is 0. The van der Waals surface area contributed by atoms with Gasteiger partial charge in [-0.3, -0.25) is 9.69 Å². The van der Waals surface area contributed by atoms with Crippen LogP contribution in [0.5, 0.6) is 11.5 Å². The fourth-order valence-electron chi connectivity index (χ4n) is 4.58. The van der Waals surface area contributed by atoms with E-state index in [9.17, 15) is 4.79 Å². The third-order valence-electron chi connectivity index (χ3n) is 6.20. The van der Waals surface area contributed by atoms with Gasteiger partial charge in [0.2, 0.25) is 5.91 Å². The maximum atomic E-state index is 11.8. The second-order valence-corrected chi connectivity index (χ2v) is 8.07. The lowest BCUT2D eigenvalue weighted by molar-refractivity contribution is -0.137. The van der Waals surface area contributed by atoms with E-state index in [4.69, 9.17) is 9.47 Å². The number of carbonyl (C=O) groups excluding carboxylic acids is 1. The summed E-state index contributed by atoms with van der Waals surface area (Å²) in [6.45, 7) is 11.4. The molecule has 5 heteroatoms. The Morgan fingerprint density at radius 3 is 2.41 bits per heavy atom. The molecular formula is C22H34N2O3. The average Bonchev–Trinajstić information content (AvgIpc) is 2.66. The molecule has 0 saturated carbocycles. The van der Waals surface area contributed by atoms with Crippen molar-refractivity contribution < 1.29 is 14.3 Å². The predicted molar refractivity (Wildman–Crippen MR) is 107 cm³/mol. The Hall–Kier alpha value is -1.75. The van der Waals surface area contributed by atoms with Gasteiger partial charge in [0.1, 0.15) is 11.5 Å². The van der Waals surface area contributed by atoms with Crippen molar-refractivity contribution in [3.8, 4) is 11.5 Å². The van der Waals surface area contributed by atoms with Gasteiger partial charge in [0.05, 0.1) is 13.2 Å². The zero-order chi connectivity index (χ0) is 19.4. The Morgan fingerprint density at radius 2 is 1.78 bits per heavy atom. The molecule has 150 valence electrons. The summed E-state index contributed by atoms with van der Waals surface area (Å²) in [5.74, 6) is 2.19. The summed E-state index contributed by atoms with van der Waals surface area (Å²) in [4.78, 5) is 16.3. The topological polar surface area (TPSA) is 42.0 Å². The van der Waals surface area contributed by atoms with Crippen LogP contribution in [0.15, 0.2) is 12.1 Å². The monoisotopic (exact) mass is 374 g/mol. The molecule has 1 aromatic rings. The molecule has 2 saturated heterocycles. The highest BCUT2D eigenvalue weighted by Gasteiger charge is 2.39. The van der Waals surface area contributed by atoms with Crippen LogP contribution in [0.3, 0.4) is 0 Å². The Balaban J connectivity index is 1.66.